The van der Waals surface area contributed by atoms with Crippen LogP contribution in [0.4, 0.5) is 4.79 Å². The molecule has 8 heteroatoms. The number of aromatic amines is 1. The molecule has 29 heavy (non-hydrogen) atoms. The Morgan fingerprint density at radius 3 is 2.28 bits per heavy atom. The summed E-state index contributed by atoms with van der Waals surface area (Å²) < 4.78 is 5.30. The number of carbonyl (C=O) groups excluding carboxylic acids is 4. The number of nitrogens with two attached hydrogens (primary N) is 1. The molecule has 0 aliphatic heterocycles. The van der Waals surface area contributed by atoms with Crippen molar-refractivity contribution in [1.29, 1.82) is 0 Å². The molecule has 0 fully saturated rings. The number of esters is 1. The Labute approximate surface area is 168 Å². The van der Waals surface area contributed by atoms with Gasteiger partial charge in [-0.1, -0.05) is 30.3 Å². The highest BCUT2D eigenvalue weighted by molar-refractivity contribution is 6.05. The zero-order chi connectivity index (χ0) is 21.7. The number of Topliss-reactive ketones (excluding diaryl/α,β-unsaturated/α-hetero) is 2. The minimum atomic E-state index is -1.12. The molecule has 0 bridgehead atoms. The number of aromatic nitrogens is 1. The van der Waals surface area contributed by atoms with Gasteiger partial charge in [0.05, 0.1) is 5.69 Å². The predicted octanol–water partition coefficient (Wildman–Crippen LogP) is 2.23. The van der Waals surface area contributed by atoms with Crippen LogP contribution >= 0.6 is 0 Å². The topological polar surface area (TPSA) is 131 Å². The molecule has 0 saturated heterocycles. The minimum absolute atomic E-state index is 0.159. The average molecular weight is 399 g/mol. The highest BCUT2D eigenvalue weighted by Crippen LogP contribution is 2.20. The summed E-state index contributed by atoms with van der Waals surface area (Å²) in [4.78, 5) is 51.3. The standard InChI is InChI=1S/C21H25N3O5/c1-11-17(13(3)25)12(2)23-18(11)19(26)14(4)29-20(27)16(24-21(22)28)10-15-8-6-5-7-9-15/h5-9,14,16,23H,10H2,1-4H3,(H3,22,24,28)/t14-,16-/m0/s1. The highest BCUT2D eigenvalue weighted by Gasteiger charge is 2.29. The van der Waals surface area contributed by atoms with Gasteiger partial charge in [0, 0.05) is 17.7 Å². The van der Waals surface area contributed by atoms with E-state index in [2.05, 4.69) is 10.3 Å². The first-order valence-corrected chi connectivity index (χ1v) is 9.16. The SMILES string of the molecule is CC(=O)c1c(C)[nH]c(C(=O)[C@H](C)OC(=O)[C@H](Cc2ccccc2)NC(N)=O)c1C. The Kier molecular flexibility index (Phi) is 6.93. The van der Waals surface area contributed by atoms with E-state index in [9.17, 15) is 19.2 Å². The number of nitrogens with one attached hydrogen (secondary N) is 2. The molecule has 0 spiro atoms. The number of ketones is 2. The first-order valence-electron chi connectivity index (χ1n) is 9.16. The van der Waals surface area contributed by atoms with Crippen LogP contribution in [-0.4, -0.2) is 40.7 Å². The van der Waals surface area contributed by atoms with Gasteiger partial charge in [-0.2, -0.15) is 0 Å². The Hall–Kier alpha value is -3.42. The Balaban J connectivity index is 2.16. The Morgan fingerprint density at radius 1 is 1.14 bits per heavy atom. The number of H-pyrrole nitrogens is 1. The number of urea groups is 1. The molecule has 1 heterocycles. The van der Waals surface area contributed by atoms with Crippen LogP contribution in [0.2, 0.25) is 0 Å². The molecule has 4 N–H and O–H groups in total. The van der Waals surface area contributed by atoms with E-state index >= 15 is 0 Å². The van der Waals surface area contributed by atoms with E-state index in [0.717, 1.165) is 5.56 Å². The van der Waals surface area contributed by atoms with Crippen LogP contribution in [0.1, 0.15) is 51.5 Å². The van der Waals surface area contributed by atoms with Crippen LogP contribution in [0.15, 0.2) is 30.3 Å². The molecule has 0 saturated carbocycles. The van der Waals surface area contributed by atoms with E-state index in [1.165, 1.54) is 13.8 Å². The van der Waals surface area contributed by atoms with Crippen molar-refractivity contribution in [2.24, 2.45) is 5.73 Å². The van der Waals surface area contributed by atoms with Crippen LogP contribution in [-0.2, 0) is 16.0 Å². The minimum Gasteiger partial charge on any atom is -0.453 e. The lowest BCUT2D eigenvalue weighted by atomic mass is 10.0. The average Bonchev–Trinajstić information content (AvgIpc) is 2.95. The fourth-order valence-electron chi connectivity index (χ4n) is 3.25. The van der Waals surface area contributed by atoms with Gasteiger partial charge < -0.3 is 20.8 Å². The van der Waals surface area contributed by atoms with Crippen molar-refractivity contribution in [2.45, 2.75) is 46.3 Å². The number of hydrogen-bond donors (Lipinski definition) is 3. The number of aryl methyl sites for hydroxylation is 1. The molecule has 2 aromatic rings. The molecule has 0 radical (unpaired) electrons. The van der Waals surface area contributed by atoms with E-state index in [0.29, 0.717) is 16.8 Å². The van der Waals surface area contributed by atoms with Crippen molar-refractivity contribution in [2.75, 3.05) is 0 Å². The molecule has 2 rings (SSSR count). The second-order valence-corrected chi connectivity index (χ2v) is 6.88. The molecule has 1 aromatic carbocycles. The monoisotopic (exact) mass is 399 g/mol. The fourth-order valence-corrected chi connectivity index (χ4v) is 3.25. The van der Waals surface area contributed by atoms with Gasteiger partial charge in [0.15, 0.2) is 11.9 Å². The third kappa shape index (κ3) is 5.31. The first kappa shape index (κ1) is 21.9. The first-order chi connectivity index (χ1) is 13.6. The molecular formula is C21H25N3O5. The lowest BCUT2D eigenvalue weighted by Gasteiger charge is -2.19. The van der Waals surface area contributed by atoms with Crippen molar-refractivity contribution < 1.29 is 23.9 Å². The molecule has 1 aromatic heterocycles. The van der Waals surface area contributed by atoms with E-state index < -0.39 is 29.9 Å². The maximum Gasteiger partial charge on any atom is 0.329 e. The normalized spacial score (nSPS) is 12.7. The third-order valence-electron chi connectivity index (χ3n) is 4.58. The molecule has 2 atom stereocenters. The van der Waals surface area contributed by atoms with Crippen molar-refractivity contribution in [3.63, 3.8) is 0 Å². The summed E-state index contributed by atoms with van der Waals surface area (Å²) in [5.74, 6) is -1.40. The smallest absolute Gasteiger partial charge is 0.329 e. The maximum absolute atomic E-state index is 12.8. The Bertz CT molecular complexity index is 933. The summed E-state index contributed by atoms with van der Waals surface area (Å²) in [5, 5.41) is 2.35. The summed E-state index contributed by atoms with van der Waals surface area (Å²) >= 11 is 0. The molecule has 154 valence electrons. The molecule has 0 aliphatic carbocycles. The largest absolute Gasteiger partial charge is 0.453 e. The summed E-state index contributed by atoms with van der Waals surface area (Å²) in [6, 6.07) is 7.12. The molecular weight excluding hydrogens is 374 g/mol. The zero-order valence-electron chi connectivity index (χ0n) is 16.9. The number of ether oxygens (including phenoxy) is 1. The van der Waals surface area contributed by atoms with Gasteiger partial charge >= 0.3 is 12.0 Å². The number of rotatable bonds is 8. The third-order valence-corrected chi connectivity index (χ3v) is 4.58. The zero-order valence-corrected chi connectivity index (χ0v) is 16.9. The van der Waals surface area contributed by atoms with Gasteiger partial charge in [-0.3, -0.25) is 9.59 Å². The van der Waals surface area contributed by atoms with Gasteiger partial charge in [0.1, 0.15) is 6.04 Å². The van der Waals surface area contributed by atoms with Crippen LogP contribution in [0.3, 0.4) is 0 Å². The number of benzene rings is 1. The molecule has 8 nitrogen and oxygen atoms in total. The second kappa shape index (κ2) is 9.18. The number of amides is 2. The molecule has 0 aliphatic rings. The Morgan fingerprint density at radius 2 is 1.76 bits per heavy atom. The van der Waals surface area contributed by atoms with Gasteiger partial charge in [-0.25, -0.2) is 9.59 Å². The lowest BCUT2D eigenvalue weighted by Crippen LogP contribution is -2.47. The fraction of sp³-hybridized carbons (Fsp3) is 0.333. The van der Waals surface area contributed by atoms with Crippen molar-refractivity contribution in [3.8, 4) is 0 Å². The molecule has 0 unspecified atom stereocenters. The lowest BCUT2D eigenvalue weighted by molar-refractivity contribution is -0.148. The van der Waals surface area contributed by atoms with E-state index in [-0.39, 0.29) is 17.9 Å². The summed E-state index contributed by atoms with van der Waals surface area (Å²) in [6.07, 6.45) is -0.953. The van der Waals surface area contributed by atoms with Crippen LogP contribution in [0, 0.1) is 13.8 Å². The summed E-state index contributed by atoms with van der Waals surface area (Å²) in [7, 11) is 0. The number of carbonyl (C=O) groups is 4. The van der Waals surface area contributed by atoms with Crippen LogP contribution in [0.25, 0.3) is 0 Å². The van der Waals surface area contributed by atoms with Crippen molar-refractivity contribution >= 4 is 23.6 Å². The number of primary amides is 1. The van der Waals surface area contributed by atoms with Crippen LogP contribution in [0.5, 0.6) is 0 Å². The van der Waals surface area contributed by atoms with Gasteiger partial charge in [0.2, 0.25) is 5.78 Å². The molecule has 2 amide bonds. The van der Waals surface area contributed by atoms with Crippen molar-refractivity contribution in [3.05, 3.63) is 58.4 Å². The van der Waals surface area contributed by atoms with Gasteiger partial charge in [-0.15, -0.1) is 0 Å². The summed E-state index contributed by atoms with van der Waals surface area (Å²) in [5.41, 5.74) is 7.73. The van der Waals surface area contributed by atoms with E-state index in [1.54, 1.807) is 38.1 Å². The van der Waals surface area contributed by atoms with Gasteiger partial charge in [-0.05, 0) is 38.8 Å². The maximum atomic E-state index is 12.8. The van der Waals surface area contributed by atoms with Crippen molar-refractivity contribution in [1.82, 2.24) is 10.3 Å². The van der Waals surface area contributed by atoms with E-state index in [1.807, 2.05) is 6.07 Å². The van der Waals surface area contributed by atoms with Gasteiger partial charge in [0.25, 0.3) is 0 Å². The van der Waals surface area contributed by atoms with Crippen LogP contribution < -0.4 is 11.1 Å². The quantitative estimate of drug-likeness (QED) is 0.463. The number of hydrogen-bond acceptors (Lipinski definition) is 5. The summed E-state index contributed by atoms with van der Waals surface area (Å²) in [6.45, 7) is 6.22. The highest BCUT2D eigenvalue weighted by atomic mass is 16.5. The second-order valence-electron chi connectivity index (χ2n) is 6.88. The van der Waals surface area contributed by atoms with E-state index in [4.69, 9.17) is 10.5 Å². The predicted molar refractivity (Wildman–Crippen MR) is 107 cm³/mol.